The van der Waals surface area contributed by atoms with E-state index in [1.54, 1.807) is 6.08 Å². The fourth-order valence-electron chi connectivity index (χ4n) is 8.25. The second kappa shape index (κ2) is 53.4. The highest BCUT2D eigenvalue weighted by atomic mass is 16.5. The third kappa shape index (κ3) is 49.3. The molecule has 0 bridgehead atoms. The largest absolute Gasteiger partial charge is 0.466 e. The predicted molar refractivity (Wildman–Crippen MR) is 278 cm³/mol. The van der Waals surface area contributed by atoms with E-state index in [0.717, 1.165) is 89.9 Å². The first-order chi connectivity index (χ1) is 31.5. The van der Waals surface area contributed by atoms with E-state index < -0.39 is 12.1 Å². The number of aliphatic hydroxyl groups is 2. The third-order valence-corrected chi connectivity index (χ3v) is 12.6. The van der Waals surface area contributed by atoms with Crippen molar-refractivity contribution in [2.24, 2.45) is 0 Å². The van der Waals surface area contributed by atoms with Gasteiger partial charge in [-0.15, -0.1) is 0 Å². The zero-order chi connectivity index (χ0) is 46.5. The van der Waals surface area contributed by atoms with Gasteiger partial charge in [-0.2, -0.15) is 0 Å². The summed E-state index contributed by atoms with van der Waals surface area (Å²) in [6.45, 7) is 4.80. The van der Waals surface area contributed by atoms with Gasteiger partial charge in [0, 0.05) is 12.8 Å². The van der Waals surface area contributed by atoms with E-state index >= 15 is 0 Å². The monoisotopic (exact) mass is 898 g/mol. The number of carbonyl (C=O) groups is 2. The number of esters is 1. The molecule has 0 aromatic heterocycles. The quantitative estimate of drug-likeness (QED) is 0.0321. The van der Waals surface area contributed by atoms with Gasteiger partial charge in [0.1, 0.15) is 0 Å². The summed E-state index contributed by atoms with van der Waals surface area (Å²) in [6, 6.07) is -0.651. The van der Waals surface area contributed by atoms with E-state index in [9.17, 15) is 19.8 Å². The van der Waals surface area contributed by atoms with Crippen LogP contribution in [-0.2, 0) is 14.3 Å². The molecule has 2 unspecified atom stereocenters. The van der Waals surface area contributed by atoms with Crippen molar-refractivity contribution in [2.45, 2.75) is 296 Å². The number of hydrogen-bond acceptors (Lipinski definition) is 5. The van der Waals surface area contributed by atoms with Crippen LogP contribution in [0.1, 0.15) is 284 Å². The highest BCUT2D eigenvalue weighted by Crippen LogP contribution is 2.16. The van der Waals surface area contributed by atoms with E-state index in [1.165, 1.54) is 167 Å². The van der Waals surface area contributed by atoms with Crippen LogP contribution in [0.5, 0.6) is 0 Å². The van der Waals surface area contributed by atoms with Crippen LogP contribution in [0.2, 0.25) is 0 Å². The molecule has 0 radical (unpaired) electrons. The minimum atomic E-state index is -0.865. The van der Waals surface area contributed by atoms with Gasteiger partial charge in [0.2, 0.25) is 5.91 Å². The normalized spacial score (nSPS) is 13.0. The highest BCUT2D eigenvalue weighted by molar-refractivity contribution is 5.76. The number of carbonyl (C=O) groups excluding carboxylic acids is 2. The van der Waals surface area contributed by atoms with Crippen LogP contribution in [0, 0.1) is 0 Å². The van der Waals surface area contributed by atoms with Crippen molar-refractivity contribution in [1.29, 1.82) is 0 Å². The molecule has 2 atom stereocenters. The smallest absolute Gasteiger partial charge is 0.305 e. The van der Waals surface area contributed by atoms with Crippen LogP contribution < -0.4 is 5.32 Å². The van der Waals surface area contributed by atoms with Gasteiger partial charge in [-0.05, 0) is 89.9 Å². The second-order valence-corrected chi connectivity index (χ2v) is 18.9. The first-order valence-electron chi connectivity index (χ1n) is 27.9. The average Bonchev–Trinajstić information content (AvgIpc) is 3.29. The third-order valence-electron chi connectivity index (χ3n) is 12.6. The first-order valence-corrected chi connectivity index (χ1v) is 27.9. The Bertz CT molecular complexity index is 1080. The molecular weight excluding hydrogens is 791 g/mol. The molecule has 0 saturated heterocycles. The number of rotatable bonds is 51. The summed E-state index contributed by atoms with van der Waals surface area (Å²) in [6.07, 6.45) is 66.9. The number of aliphatic hydroxyl groups excluding tert-OH is 2. The molecule has 64 heavy (non-hydrogen) atoms. The van der Waals surface area contributed by atoms with Crippen molar-refractivity contribution in [3.63, 3.8) is 0 Å². The standard InChI is InChI=1S/C58H107NO5/c1-3-5-7-9-11-13-15-17-19-21-22-24-25-27-30-34-38-42-46-50-56(61)55(54-60)59-57(62)51-47-43-39-35-31-29-33-37-41-45-49-53-64-58(63)52-48-44-40-36-32-28-26-23-20-18-16-14-12-10-8-6-4-2/h12,14,18,20,33,37,46,50,55-56,60-61H,3-11,13,15-17,19,21-32,34-36,38-45,47-49,51-54H2,1-2H3,(H,59,62)/b14-12-,20-18-,37-33-,50-46+. The number of ether oxygens (including phenoxy) is 1. The molecule has 0 aromatic rings. The van der Waals surface area contributed by atoms with Crippen molar-refractivity contribution < 1.29 is 24.5 Å². The maximum absolute atomic E-state index is 12.5. The molecule has 0 heterocycles. The van der Waals surface area contributed by atoms with Crippen LogP contribution in [0.3, 0.4) is 0 Å². The van der Waals surface area contributed by atoms with Gasteiger partial charge in [-0.3, -0.25) is 9.59 Å². The molecule has 6 nitrogen and oxygen atoms in total. The topological polar surface area (TPSA) is 95.9 Å². The minimum Gasteiger partial charge on any atom is -0.466 e. The van der Waals surface area contributed by atoms with Gasteiger partial charge in [-0.25, -0.2) is 0 Å². The Balaban J connectivity index is 3.55. The van der Waals surface area contributed by atoms with Crippen molar-refractivity contribution in [2.75, 3.05) is 13.2 Å². The Hall–Kier alpha value is -2.18. The maximum Gasteiger partial charge on any atom is 0.305 e. The van der Waals surface area contributed by atoms with E-state index in [4.69, 9.17) is 4.74 Å². The Labute approximate surface area is 397 Å². The lowest BCUT2D eigenvalue weighted by atomic mass is 10.0. The van der Waals surface area contributed by atoms with E-state index in [2.05, 4.69) is 55.6 Å². The van der Waals surface area contributed by atoms with Crippen LogP contribution in [0.15, 0.2) is 48.6 Å². The van der Waals surface area contributed by atoms with Gasteiger partial charge in [-0.1, -0.05) is 229 Å². The molecule has 0 rings (SSSR count). The molecule has 374 valence electrons. The van der Waals surface area contributed by atoms with Crippen molar-refractivity contribution in [3.05, 3.63) is 48.6 Å². The maximum atomic E-state index is 12.5. The molecule has 0 aliphatic rings. The van der Waals surface area contributed by atoms with Crippen LogP contribution >= 0.6 is 0 Å². The molecule has 0 aromatic carbocycles. The van der Waals surface area contributed by atoms with E-state index in [0.29, 0.717) is 19.4 Å². The number of nitrogens with one attached hydrogen (secondary N) is 1. The molecule has 3 N–H and O–H groups in total. The lowest BCUT2D eigenvalue weighted by molar-refractivity contribution is -0.143. The van der Waals surface area contributed by atoms with E-state index in [-0.39, 0.29) is 18.5 Å². The van der Waals surface area contributed by atoms with Crippen molar-refractivity contribution >= 4 is 11.9 Å². The van der Waals surface area contributed by atoms with Gasteiger partial charge in [0.15, 0.2) is 0 Å². The van der Waals surface area contributed by atoms with Crippen molar-refractivity contribution in [3.8, 4) is 0 Å². The Kier molecular flexibility index (Phi) is 51.6. The lowest BCUT2D eigenvalue weighted by Crippen LogP contribution is -2.45. The van der Waals surface area contributed by atoms with Crippen LogP contribution in [0.4, 0.5) is 0 Å². The number of allylic oxidation sites excluding steroid dienone is 7. The molecular formula is C58H107NO5. The SMILES string of the molecule is CCCCC/C=C\C/C=C\CCCCCCCCCC(=O)OCCCC/C=C\CCCCCCCC(=O)NC(CO)C(O)/C=C/CCCCCCCCCCCCCCCCCCC. The Morgan fingerprint density at radius 1 is 0.438 bits per heavy atom. The van der Waals surface area contributed by atoms with Gasteiger partial charge >= 0.3 is 5.97 Å². The average molecular weight is 898 g/mol. The molecule has 0 aliphatic carbocycles. The van der Waals surface area contributed by atoms with E-state index in [1.807, 2.05) is 6.08 Å². The molecule has 0 saturated carbocycles. The predicted octanol–water partition coefficient (Wildman–Crippen LogP) is 17.0. The zero-order valence-corrected chi connectivity index (χ0v) is 42.5. The second-order valence-electron chi connectivity index (χ2n) is 18.9. The van der Waals surface area contributed by atoms with Gasteiger partial charge in [0.05, 0.1) is 25.4 Å². The molecule has 0 spiro atoms. The van der Waals surface area contributed by atoms with Crippen LogP contribution in [-0.4, -0.2) is 47.4 Å². The molecule has 6 heteroatoms. The molecule has 0 fully saturated rings. The number of amides is 1. The number of hydrogen-bond donors (Lipinski definition) is 3. The summed E-state index contributed by atoms with van der Waals surface area (Å²) in [5.74, 6) is -0.138. The summed E-state index contributed by atoms with van der Waals surface area (Å²) >= 11 is 0. The summed E-state index contributed by atoms with van der Waals surface area (Å²) in [7, 11) is 0. The summed E-state index contributed by atoms with van der Waals surface area (Å²) in [5, 5.41) is 23.1. The summed E-state index contributed by atoms with van der Waals surface area (Å²) in [4.78, 5) is 24.5. The fraction of sp³-hybridized carbons (Fsp3) is 0.828. The van der Waals surface area contributed by atoms with Crippen LogP contribution in [0.25, 0.3) is 0 Å². The first kappa shape index (κ1) is 61.8. The number of unbranched alkanes of at least 4 members (excludes halogenated alkanes) is 34. The Morgan fingerprint density at radius 2 is 0.781 bits per heavy atom. The Morgan fingerprint density at radius 3 is 1.23 bits per heavy atom. The highest BCUT2D eigenvalue weighted by Gasteiger charge is 2.18. The summed E-state index contributed by atoms with van der Waals surface area (Å²) < 4.78 is 5.44. The van der Waals surface area contributed by atoms with Crippen molar-refractivity contribution in [1.82, 2.24) is 5.32 Å². The molecule has 0 aliphatic heterocycles. The van der Waals surface area contributed by atoms with Gasteiger partial charge < -0.3 is 20.3 Å². The minimum absolute atomic E-state index is 0.0411. The summed E-state index contributed by atoms with van der Waals surface area (Å²) in [5.41, 5.74) is 0. The van der Waals surface area contributed by atoms with Gasteiger partial charge in [0.25, 0.3) is 0 Å². The zero-order valence-electron chi connectivity index (χ0n) is 42.5. The molecule has 1 amide bonds. The fourth-order valence-corrected chi connectivity index (χ4v) is 8.25. The lowest BCUT2D eigenvalue weighted by Gasteiger charge is -2.20.